The molecule has 0 spiro atoms. The summed E-state index contributed by atoms with van der Waals surface area (Å²) < 4.78 is 0. The Morgan fingerprint density at radius 1 is 1.36 bits per heavy atom. The minimum atomic E-state index is 0.676. The average Bonchev–Trinajstić information content (AvgIpc) is 2.98. The zero-order chi connectivity index (χ0) is 9.97. The van der Waals surface area contributed by atoms with Crippen LogP contribution in [0.1, 0.15) is 31.2 Å². The Kier molecular flexibility index (Phi) is 3.12. The van der Waals surface area contributed by atoms with Gasteiger partial charge in [-0.2, -0.15) is 0 Å². The average molecular weight is 209 g/mol. The summed E-state index contributed by atoms with van der Waals surface area (Å²) in [5, 5.41) is 0. The fraction of sp³-hybridized carbons (Fsp3) is 0.538. The van der Waals surface area contributed by atoms with Gasteiger partial charge in [0.25, 0.3) is 0 Å². The van der Waals surface area contributed by atoms with Gasteiger partial charge in [-0.15, -0.1) is 11.6 Å². The van der Waals surface area contributed by atoms with E-state index in [0.29, 0.717) is 5.92 Å². The summed E-state index contributed by atoms with van der Waals surface area (Å²) in [5.74, 6) is 3.20. The Balaban J connectivity index is 1.87. The van der Waals surface area contributed by atoms with Crippen molar-refractivity contribution in [3.05, 3.63) is 35.9 Å². The van der Waals surface area contributed by atoms with Crippen molar-refractivity contribution in [3.8, 4) is 0 Å². The summed E-state index contributed by atoms with van der Waals surface area (Å²) in [6.45, 7) is 2.24. The van der Waals surface area contributed by atoms with E-state index in [1.807, 2.05) is 0 Å². The second-order valence-electron chi connectivity index (χ2n) is 4.51. The van der Waals surface area contributed by atoms with Crippen LogP contribution in [-0.4, -0.2) is 5.88 Å². The highest BCUT2D eigenvalue weighted by Crippen LogP contribution is 2.50. The number of hydrogen-bond donors (Lipinski definition) is 0. The maximum absolute atomic E-state index is 5.82. The van der Waals surface area contributed by atoms with Crippen LogP contribution in [0.15, 0.2) is 30.3 Å². The zero-order valence-corrected chi connectivity index (χ0v) is 9.37. The molecule has 14 heavy (non-hydrogen) atoms. The molecule has 0 bridgehead atoms. The summed E-state index contributed by atoms with van der Waals surface area (Å²) in [6, 6.07) is 10.8. The van der Waals surface area contributed by atoms with E-state index in [9.17, 15) is 0 Å². The molecule has 1 aliphatic rings. The highest BCUT2D eigenvalue weighted by Gasteiger charge is 2.38. The van der Waals surface area contributed by atoms with Crippen molar-refractivity contribution in [3.63, 3.8) is 0 Å². The van der Waals surface area contributed by atoms with Gasteiger partial charge in [0, 0.05) is 5.88 Å². The van der Waals surface area contributed by atoms with Crippen LogP contribution in [0.2, 0.25) is 0 Å². The third-order valence-corrected chi connectivity index (χ3v) is 3.65. The van der Waals surface area contributed by atoms with Gasteiger partial charge in [0.1, 0.15) is 0 Å². The first kappa shape index (κ1) is 10.0. The van der Waals surface area contributed by atoms with E-state index in [-0.39, 0.29) is 0 Å². The molecule has 1 aliphatic carbocycles. The molecule has 3 unspecified atom stereocenters. The van der Waals surface area contributed by atoms with Crippen molar-refractivity contribution in [2.24, 2.45) is 11.8 Å². The summed E-state index contributed by atoms with van der Waals surface area (Å²) in [7, 11) is 0. The van der Waals surface area contributed by atoms with Crippen LogP contribution in [0.4, 0.5) is 0 Å². The molecule has 76 valence electrons. The highest BCUT2D eigenvalue weighted by molar-refractivity contribution is 6.18. The van der Waals surface area contributed by atoms with Crippen molar-refractivity contribution >= 4 is 11.6 Å². The molecule has 0 heterocycles. The van der Waals surface area contributed by atoms with Gasteiger partial charge >= 0.3 is 0 Å². The van der Waals surface area contributed by atoms with Gasteiger partial charge in [-0.25, -0.2) is 0 Å². The van der Waals surface area contributed by atoms with E-state index < -0.39 is 0 Å². The van der Waals surface area contributed by atoms with Crippen molar-refractivity contribution in [2.75, 3.05) is 5.88 Å². The van der Waals surface area contributed by atoms with Gasteiger partial charge < -0.3 is 0 Å². The normalized spacial score (nSPS) is 27.3. The van der Waals surface area contributed by atoms with Crippen molar-refractivity contribution in [1.29, 1.82) is 0 Å². The molecule has 1 saturated carbocycles. The summed E-state index contributed by atoms with van der Waals surface area (Å²) in [5.41, 5.74) is 1.51. The van der Waals surface area contributed by atoms with E-state index in [1.54, 1.807) is 0 Å². The minimum absolute atomic E-state index is 0.676. The molecule has 0 aliphatic heterocycles. The van der Waals surface area contributed by atoms with E-state index >= 15 is 0 Å². The van der Waals surface area contributed by atoms with Crippen LogP contribution >= 0.6 is 11.6 Å². The molecule has 1 heteroatoms. The predicted molar refractivity (Wildman–Crippen MR) is 61.8 cm³/mol. The Morgan fingerprint density at radius 2 is 2.07 bits per heavy atom. The quantitative estimate of drug-likeness (QED) is 0.655. The number of alkyl halides is 1. The molecule has 3 atom stereocenters. The first-order valence-electron chi connectivity index (χ1n) is 5.42. The van der Waals surface area contributed by atoms with Crippen LogP contribution in [0, 0.1) is 11.8 Å². The Hall–Kier alpha value is -0.490. The monoisotopic (exact) mass is 208 g/mol. The molecule has 0 aromatic heterocycles. The Morgan fingerprint density at radius 3 is 2.71 bits per heavy atom. The van der Waals surface area contributed by atoms with Gasteiger partial charge in [0.2, 0.25) is 0 Å². The lowest BCUT2D eigenvalue weighted by atomic mass is 10.0. The molecule has 0 amide bonds. The first-order valence-corrected chi connectivity index (χ1v) is 5.95. The molecule has 0 saturated heterocycles. The molecule has 1 aromatic carbocycles. The lowest BCUT2D eigenvalue weighted by Crippen LogP contribution is -1.97. The van der Waals surface area contributed by atoms with E-state index in [2.05, 4.69) is 37.3 Å². The number of rotatable bonds is 4. The zero-order valence-electron chi connectivity index (χ0n) is 8.62. The molecule has 0 N–H and O–H groups in total. The standard InChI is InChI=1S/C13H17Cl/c1-10(9-14)7-12-8-13(12)11-5-3-2-4-6-11/h2-6,10,12-13H,7-9H2,1H3. The number of benzene rings is 1. The lowest BCUT2D eigenvalue weighted by molar-refractivity contribution is 0.537. The third kappa shape index (κ3) is 2.30. The van der Waals surface area contributed by atoms with Crippen molar-refractivity contribution in [2.45, 2.75) is 25.7 Å². The summed E-state index contributed by atoms with van der Waals surface area (Å²) in [4.78, 5) is 0. The van der Waals surface area contributed by atoms with Gasteiger partial charge in [-0.1, -0.05) is 37.3 Å². The topological polar surface area (TPSA) is 0 Å². The molecule has 0 radical (unpaired) electrons. The summed E-state index contributed by atoms with van der Waals surface area (Å²) in [6.07, 6.45) is 2.66. The molecular weight excluding hydrogens is 192 g/mol. The molecule has 1 fully saturated rings. The second kappa shape index (κ2) is 4.35. The highest BCUT2D eigenvalue weighted by atomic mass is 35.5. The van der Waals surface area contributed by atoms with Crippen molar-refractivity contribution < 1.29 is 0 Å². The van der Waals surface area contributed by atoms with Gasteiger partial charge in [-0.05, 0) is 36.2 Å². The van der Waals surface area contributed by atoms with E-state index in [0.717, 1.165) is 17.7 Å². The van der Waals surface area contributed by atoms with Crippen LogP contribution < -0.4 is 0 Å². The van der Waals surface area contributed by atoms with E-state index in [4.69, 9.17) is 11.6 Å². The van der Waals surface area contributed by atoms with Crippen LogP contribution in [0.3, 0.4) is 0 Å². The van der Waals surface area contributed by atoms with Crippen LogP contribution in [0.25, 0.3) is 0 Å². The lowest BCUT2D eigenvalue weighted by Gasteiger charge is -2.05. The van der Waals surface area contributed by atoms with Gasteiger partial charge in [0.05, 0.1) is 0 Å². The fourth-order valence-corrected chi connectivity index (χ4v) is 2.32. The Labute approximate surface area is 91.3 Å². The SMILES string of the molecule is CC(CCl)CC1CC1c1ccccc1. The van der Waals surface area contributed by atoms with E-state index in [1.165, 1.54) is 18.4 Å². The fourth-order valence-electron chi connectivity index (χ4n) is 2.20. The smallest absolute Gasteiger partial charge is 0.0249 e. The molecular formula is C13H17Cl. The van der Waals surface area contributed by atoms with Gasteiger partial charge in [-0.3, -0.25) is 0 Å². The molecule has 2 rings (SSSR count). The number of halogens is 1. The maximum atomic E-state index is 5.82. The Bertz CT molecular complexity index is 281. The first-order chi connectivity index (χ1) is 6.81. The predicted octanol–water partition coefficient (Wildman–Crippen LogP) is 4.06. The largest absolute Gasteiger partial charge is 0.126 e. The van der Waals surface area contributed by atoms with Crippen molar-refractivity contribution in [1.82, 2.24) is 0 Å². The second-order valence-corrected chi connectivity index (χ2v) is 4.82. The maximum Gasteiger partial charge on any atom is 0.0249 e. The summed E-state index contributed by atoms with van der Waals surface area (Å²) >= 11 is 5.82. The number of hydrogen-bond acceptors (Lipinski definition) is 0. The molecule has 1 aromatic rings. The van der Waals surface area contributed by atoms with Crippen LogP contribution in [-0.2, 0) is 0 Å². The third-order valence-electron chi connectivity index (χ3n) is 3.12. The molecule has 0 nitrogen and oxygen atoms in total. The minimum Gasteiger partial charge on any atom is -0.126 e. The van der Waals surface area contributed by atoms with Crippen LogP contribution in [0.5, 0.6) is 0 Å². The van der Waals surface area contributed by atoms with Gasteiger partial charge in [0.15, 0.2) is 0 Å².